The molecule has 2 aromatic rings. The molecule has 0 saturated carbocycles. The standard InChI is InChI=1S/C11H11BrFN3S/c1-2-14-6-10-15-16-11(17-10)7-3-8(12)5-9(13)4-7/h3-5,14H,2,6H2,1H3. The van der Waals surface area contributed by atoms with Gasteiger partial charge >= 0.3 is 0 Å². The van der Waals surface area contributed by atoms with Crippen LogP contribution in [0.3, 0.4) is 0 Å². The second kappa shape index (κ2) is 5.66. The van der Waals surface area contributed by atoms with Crippen molar-refractivity contribution in [1.82, 2.24) is 15.5 Å². The molecule has 0 atom stereocenters. The maximum Gasteiger partial charge on any atom is 0.147 e. The van der Waals surface area contributed by atoms with Gasteiger partial charge in [-0.1, -0.05) is 34.2 Å². The largest absolute Gasteiger partial charge is 0.311 e. The summed E-state index contributed by atoms with van der Waals surface area (Å²) in [4.78, 5) is 0. The van der Waals surface area contributed by atoms with Gasteiger partial charge in [-0.25, -0.2) is 4.39 Å². The van der Waals surface area contributed by atoms with E-state index in [9.17, 15) is 4.39 Å². The lowest BCUT2D eigenvalue weighted by Gasteiger charge is -1.97. The molecule has 0 aliphatic rings. The molecular weight excluding hydrogens is 305 g/mol. The van der Waals surface area contributed by atoms with Crippen molar-refractivity contribution in [2.75, 3.05) is 6.54 Å². The molecule has 1 aromatic heterocycles. The van der Waals surface area contributed by atoms with Crippen LogP contribution >= 0.6 is 27.3 Å². The van der Waals surface area contributed by atoms with Crippen molar-refractivity contribution in [2.45, 2.75) is 13.5 Å². The van der Waals surface area contributed by atoms with Crippen molar-refractivity contribution < 1.29 is 4.39 Å². The van der Waals surface area contributed by atoms with E-state index in [4.69, 9.17) is 0 Å². The Morgan fingerprint density at radius 2 is 2.18 bits per heavy atom. The van der Waals surface area contributed by atoms with Gasteiger partial charge in [0.05, 0.1) is 0 Å². The molecule has 0 radical (unpaired) electrons. The summed E-state index contributed by atoms with van der Waals surface area (Å²) < 4.78 is 13.9. The molecule has 17 heavy (non-hydrogen) atoms. The molecule has 0 saturated heterocycles. The van der Waals surface area contributed by atoms with Gasteiger partial charge in [-0.05, 0) is 24.7 Å². The van der Waals surface area contributed by atoms with Gasteiger partial charge in [0.25, 0.3) is 0 Å². The Morgan fingerprint density at radius 3 is 2.88 bits per heavy atom. The van der Waals surface area contributed by atoms with Gasteiger partial charge in [-0.2, -0.15) is 0 Å². The van der Waals surface area contributed by atoms with Crippen LogP contribution in [0.25, 0.3) is 10.6 Å². The number of hydrogen-bond donors (Lipinski definition) is 1. The van der Waals surface area contributed by atoms with Crippen LogP contribution in [-0.4, -0.2) is 16.7 Å². The number of nitrogens with zero attached hydrogens (tertiary/aromatic N) is 2. The molecule has 2 rings (SSSR count). The van der Waals surface area contributed by atoms with Crippen LogP contribution in [0.15, 0.2) is 22.7 Å². The molecule has 1 N–H and O–H groups in total. The second-order valence-electron chi connectivity index (χ2n) is 3.44. The monoisotopic (exact) mass is 315 g/mol. The average molecular weight is 316 g/mol. The first-order valence-corrected chi connectivity index (χ1v) is 6.79. The summed E-state index contributed by atoms with van der Waals surface area (Å²) in [5.74, 6) is -0.280. The number of benzene rings is 1. The minimum absolute atomic E-state index is 0.280. The molecule has 0 unspecified atom stereocenters. The third-order valence-electron chi connectivity index (χ3n) is 2.10. The number of aromatic nitrogens is 2. The predicted octanol–water partition coefficient (Wildman–Crippen LogP) is 3.22. The molecule has 0 aliphatic carbocycles. The fourth-order valence-electron chi connectivity index (χ4n) is 1.35. The molecule has 0 aliphatic heterocycles. The molecule has 1 aromatic carbocycles. The summed E-state index contributed by atoms with van der Waals surface area (Å²) in [6, 6.07) is 4.72. The van der Waals surface area contributed by atoms with Gasteiger partial charge in [-0.15, -0.1) is 10.2 Å². The normalized spacial score (nSPS) is 10.8. The van der Waals surface area contributed by atoms with E-state index in [0.29, 0.717) is 11.0 Å². The van der Waals surface area contributed by atoms with Gasteiger partial charge in [0.2, 0.25) is 0 Å². The highest BCUT2D eigenvalue weighted by Gasteiger charge is 2.08. The van der Waals surface area contributed by atoms with Gasteiger partial charge in [-0.3, -0.25) is 0 Å². The minimum atomic E-state index is -0.280. The van der Waals surface area contributed by atoms with Crippen LogP contribution < -0.4 is 5.32 Å². The lowest BCUT2D eigenvalue weighted by atomic mass is 10.2. The lowest BCUT2D eigenvalue weighted by Crippen LogP contribution is -2.11. The van der Waals surface area contributed by atoms with E-state index in [0.717, 1.165) is 22.1 Å². The molecular formula is C11H11BrFN3S. The van der Waals surface area contributed by atoms with Crippen LogP contribution in [0.2, 0.25) is 0 Å². The molecule has 3 nitrogen and oxygen atoms in total. The summed E-state index contributed by atoms with van der Waals surface area (Å²) in [6.07, 6.45) is 0. The van der Waals surface area contributed by atoms with Crippen molar-refractivity contribution in [3.63, 3.8) is 0 Å². The van der Waals surface area contributed by atoms with Crippen LogP contribution in [-0.2, 0) is 6.54 Å². The Hall–Kier alpha value is -0.850. The fraction of sp³-hybridized carbons (Fsp3) is 0.273. The van der Waals surface area contributed by atoms with Crippen LogP contribution in [0.5, 0.6) is 0 Å². The molecule has 90 valence electrons. The molecule has 1 heterocycles. The topological polar surface area (TPSA) is 37.8 Å². The zero-order valence-electron chi connectivity index (χ0n) is 9.20. The maximum atomic E-state index is 13.2. The van der Waals surface area contributed by atoms with E-state index >= 15 is 0 Å². The van der Waals surface area contributed by atoms with E-state index in [1.807, 2.05) is 13.0 Å². The molecule has 6 heteroatoms. The number of halogens is 2. The third kappa shape index (κ3) is 3.31. The van der Waals surface area contributed by atoms with Crippen molar-refractivity contribution >= 4 is 27.3 Å². The minimum Gasteiger partial charge on any atom is -0.311 e. The summed E-state index contributed by atoms with van der Waals surface area (Å²) in [5, 5.41) is 12.9. The fourth-order valence-corrected chi connectivity index (χ4v) is 2.61. The highest BCUT2D eigenvalue weighted by molar-refractivity contribution is 9.10. The Morgan fingerprint density at radius 1 is 1.35 bits per heavy atom. The van der Waals surface area contributed by atoms with Crippen LogP contribution in [0, 0.1) is 5.82 Å². The second-order valence-corrected chi connectivity index (χ2v) is 5.42. The molecule has 0 fully saturated rings. The van der Waals surface area contributed by atoms with Gasteiger partial charge < -0.3 is 5.32 Å². The predicted molar refractivity (Wildman–Crippen MR) is 70.4 cm³/mol. The lowest BCUT2D eigenvalue weighted by molar-refractivity contribution is 0.627. The average Bonchev–Trinajstić information content (AvgIpc) is 2.73. The van der Waals surface area contributed by atoms with Crippen LogP contribution in [0.4, 0.5) is 4.39 Å². The van der Waals surface area contributed by atoms with Gasteiger partial charge in [0.1, 0.15) is 15.8 Å². The highest BCUT2D eigenvalue weighted by atomic mass is 79.9. The highest BCUT2D eigenvalue weighted by Crippen LogP contribution is 2.27. The molecule has 0 bridgehead atoms. The first-order valence-electron chi connectivity index (χ1n) is 5.18. The smallest absolute Gasteiger partial charge is 0.147 e. The van der Waals surface area contributed by atoms with Crippen molar-refractivity contribution in [3.05, 3.63) is 33.5 Å². The number of rotatable bonds is 4. The SMILES string of the molecule is CCNCc1nnc(-c2cc(F)cc(Br)c2)s1. The Labute approximate surface area is 111 Å². The quantitative estimate of drug-likeness (QED) is 0.941. The number of nitrogens with one attached hydrogen (secondary N) is 1. The third-order valence-corrected chi connectivity index (χ3v) is 3.53. The Kier molecular flexibility index (Phi) is 4.20. The molecule has 0 spiro atoms. The van der Waals surface area contributed by atoms with E-state index in [-0.39, 0.29) is 5.82 Å². The number of hydrogen-bond acceptors (Lipinski definition) is 4. The summed E-state index contributed by atoms with van der Waals surface area (Å²) in [7, 11) is 0. The van der Waals surface area contributed by atoms with E-state index in [1.165, 1.54) is 23.5 Å². The van der Waals surface area contributed by atoms with E-state index < -0.39 is 0 Å². The first-order chi connectivity index (χ1) is 8.19. The van der Waals surface area contributed by atoms with Crippen molar-refractivity contribution in [2.24, 2.45) is 0 Å². The van der Waals surface area contributed by atoms with E-state index in [1.54, 1.807) is 0 Å². The summed E-state index contributed by atoms with van der Waals surface area (Å²) >= 11 is 4.73. The Bertz CT molecular complexity index is 495. The molecule has 0 amide bonds. The van der Waals surface area contributed by atoms with E-state index in [2.05, 4.69) is 31.4 Å². The van der Waals surface area contributed by atoms with Gasteiger partial charge in [0, 0.05) is 16.6 Å². The van der Waals surface area contributed by atoms with Crippen molar-refractivity contribution in [3.8, 4) is 10.6 Å². The summed E-state index contributed by atoms with van der Waals surface area (Å²) in [6.45, 7) is 3.62. The maximum absolute atomic E-state index is 13.2. The van der Waals surface area contributed by atoms with Crippen molar-refractivity contribution in [1.29, 1.82) is 0 Å². The summed E-state index contributed by atoms with van der Waals surface area (Å²) in [5.41, 5.74) is 0.747. The zero-order chi connectivity index (χ0) is 12.3. The zero-order valence-corrected chi connectivity index (χ0v) is 11.6. The first kappa shape index (κ1) is 12.6. The van der Waals surface area contributed by atoms with Gasteiger partial charge in [0.15, 0.2) is 0 Å². The van der Waals surface area contributed by atoms with Crippen LogP contribution in [0.1, 0.15) is 11.9 Å². The Balaban J connectivity index is 2.24.